The highest BCUT2D eigenvalue weighted by Crippen LogP contribution is 2.30. The molecule has 2 saturated heterocycles. The topological polar surface area (TPSA) is 186 Å². The van der Waals surface area contributed by atoms with Gasteiger partial charge in [0.25, 0.3) is 5.91 Å². The number of aromatic nitrogens is 1. The van der Waals surface area contributed by atoms with Gasteiger partial charge in [0.2, 0.25) is 5.56 Å². The van der Waals surface area contributed by atoms with E-state index in [9.17, 15) is 24.6 Å². The summed E-state index contributed by atoms with van der Waals surface area (Å²) >= 11 is 0. The van der Waals surface area contributed by atoms with E-state index in [1.165, 1.54) is 12.1 Å². The average molecular weight is 761 g/mol. The van der Waals surface area contributed by atoms with Crippen molar-refractivity contribution in [3.63, 3.8) is 0 Å². The lowest BCUT2D eigenvalue weighted by molar-refractivity contribution is -0.0111. The molecule has 2 aliphatic rings. The van der Waals surface area contributed by atoms with Crippen LogP contribution in [0.25, 0.3) is 10.9 Å². The van der Waals surface area contributed by atoms with E-state index in [4.69, 9.17) is 9.47 Å². The normalized spacial score (nSPS) is 18.8. The Morgan fingerprint density at radius 1 is 0.821 bits per heavy atom. The lowest BCUT2D eigenvalue weighted by atomic mass is 9.83. The number of carbonyl (C=O) groups is 2. The Labute approximate surface area is 324 Å². The second kappa shape index (κ2) is 18.3. The number of H-pyrrole nitrogens is 1. The van der Waals surface area contributed by atoms with Gasteiger partial charge in [0.05, 0.1) is 17.7 Å². The second-order valence-electron chi connectivity index (χ2n) is 14.4. The summed E-state index contributed by atoms with van der Waals surface area (Å²) in [7, 11) is 0. The third kappa shape index (κ3) is 9.55. The van der Waals surface area contributed by atoms with Crippen LogP contribution in [0.4, 0.5) is 4.79 Å². The van der Waals surface area contributed by atoms with Crippen molar-refractivity contribution in [2.24, 2.45) is 11.8 Å². The molecule has 0 spiro atoms. The molecule has 2 bridgehead atoms. The van der Waals surface area contributed by atoms with Gasteiger partial charge in [0.15, 0.2) is 0 Å². The average Bonchev–Trinajstić information content (AvgIpc) is 3.21. The molecule has 5 aromatic rings. The third-order valence-electron chi connectivity index (χ3n) is 10.4. The fraction of sp³-hybridized carbons (Fsp3) is 0.326. The third-order valence-corrected chi connectivity index (χ3v) is 10.4. The lowest BCUT2D eigenvalue weighted by Gasteiger charge is -2.42. The number of alkyl carbamates (subject to hydrolysis) is 1. The van der Waals surface area contributed by atoms with Crippen LogP contribution in [0, 0.1) is 11.8 Å². The highest BCUT2D eigenvalue weighted by Gasteiger charge is 2.39. The summed E-state index contributed by atoms with van der Waals surface area (Å²) in [5.74, 6) is 0.877. The van der Waals surface area contributed by atoms with Gasteiger partial charge in [-0.3, -0.25) is 9.59 Å². The number of aromatic hydroxyl groups is 1. The molecule has 3 heterocycles. The number of nitrogens with one attached hydrogen (secondary N) is 6. The summed E-state index contributed by atoms with van der Waals surface area (Å²) in [5.41, 5.74) is 3.76. The van der Waals surface area contributed by atoms with Crippen LogP contribution in [0.3, 0.4) is 0 Å². The van der Waals surface area contributed by atoms with Gasteiger partial charge < -0.3 is 51.3 Å². The Morgan fingerprint density at radius 2 is 1.55 bits per heavy atom. The number of phenolic OH excluding ortho intramolecular Hbond substituents is 1. The number of benzene rings is 4. The van der Waals surface area contributed by atoms with Crippen LogP contribution in [0.1, 0.15) is 51.2 Å². The van der Waals surface area contributed by atoms with Crippen molar-refractivity contribution in [1.82, 2.24) is 31.6 Å². The van der Waals surface area contributed by atoms with Crippen molar-refractivity contribution < 1.29 is 29.3 Å². The molecule has 1 unspecified atom stereocenters. The number of aliphatic hydroxyl groups is 1. The van der Waals surface area contributed by atoms with Crippen molar-refractivity contribution >= 4 is 22.9 Å². The standard InChI is InChI=1S/C43H48N6O7/c50-36-16-14-34(35-15-17-38(52)48-40(35)36)37(51)25-44-18-5-19-47-42(53)29-12-10-27(11-13-29)26-55-33-9-4-8-30(20-33)39(28-6-2-1-3-7-28)49-43(54)56-41-31-21-45-23-32(41)24-46-22-31/h1-4,6-17,20,31-32,37,39,41,44-46,50-51H,5,18-19,21-26H2,(H,47,53)(H,48,52)(H,49,54)/t31?,32?,37-,39?,41?/m0/s1. The smallest absolute Gasteiger partial charge is 0.408 e. The monoisotopic (exact) mass is 760 g/mol. The molecule has 56 heavy (non-hydrogen) atoms. The number of rotatable bonds is 15. The number of fused-ring (bicyclic) bond motifs is 3. The largest absolute Gasteiger partial charge is 0.506 e. The molecule has 292 valence electrons. The summed E-state index contributed by atoms with van der Waals surface area (Å²) in [5, 5.41) is 37.5. The number of piperidine rings is 2. The molecule has 8 N–H and O–H groups in total. The Bertz CT molecular complexity index is 2140. The SMILES string of the molecule is O=C(NC(c1ccccc1)c1cccc(OCc2ccc(C(=O)NCCCNC[C@H](O)c3ccc(O)c4[nH]c(=O)ccc34)cc2)c1)OC1C2CNCC1CNC2. The first-order valence-corrected chi connectivity index (χ1v) is 19.1. The van der Waals surface area contributed by atoms with Gasteiger partial charge >= 0.3 is 6.09 Å². The zero-order valence-corrected chi connectivity index (χ0v) is 31.0. The molecule has 2 aliphatic heterocycles. The molecule has 2 amide bonds. The van der Waals surface area contributed by atoms with Crippen LogP contribution in [0.2, 0.25) is 0 Å². The Hall–Kier alpha value is -5.73. The molecular weight excluding hydrogens is 713 g/mol. The summed E-state index contributed by atoms with van der Waals surface area (Å²) < 4.78 is 12.2. The zero-order valence-electron chi connectivity index (χ0n) is 31.0. The molecule has 0 radical (unpaired) electrons. The maximum absolute atomic E-state index is 13.3. The van der Waals surface area contributed by atoms with E-state index in [-0.39, 0.29) is 47.2 Å². The highest BCUT2D eigenvalue weighted by molar-refractivity contribution is 5.94. The van der Waals surface area contributed by atoms with E-state index < -0.39 is 18.2 Å². The molecule has 2 atom stereocenters. The minimum absolute atomic E-state index is 0.0580. The first-order chi connectivity index (χ1) is 27.3. The maximum atomic E-state index is 13.3. The Kier molecular flexibility index (Phi) is 12.6. The predicted molar refractivity (Wildman–Crippen MR) is 213 cm³/mol. The number of carbonyl (C=O) groups excluding carboxylic acids is 2. The summed E-state index contributed by atoms with van der Waals surface area (Å²) in [6.45, 7) is 4.84. The van der Waals surface area contributed by atoms with Crippen LogP contribution >= 0.6 is 0 Å². The molecular formula is C43H48N6O7. The summed E-state index contributed by atoms with van der Waals surface area (Å²) in [6, 6.07) is 30.3. The minimum Gasteiger partial charge on any atom is -0.506 e. The highest BCUT2D eigenvalue weighted by atomic mass is 16.6. The van der Waals surface area contributed by atoms with Gasteiger partial charge in [0, 0.05) is 68.1 Å². The van der Waals surface area contributed by atoms with Crippen molar-refractivity contribution in [2.45, 2.75) is 31.3 Å². The van der Waals surface area contributed by atoms with E-state index >= 15 is 0 Å². The molecule has 7 rings (SSSR count). The molecule has 0 aliphatic carbocycles. The predicted octanol–water partition coefficient (Wildman–Crippen LogP) is 3.88. The maximum Gasteiger partial charge on any atom is 0.408 e. The van der Waals surface area contributed by atoms with Crippen LogP contribution < -0.4 is 36.9 Å². The zero-order chi connectivity index (χ0) is 38.9. The van der Waals surface area contributed by atoms with E-state index in [0.717, 1.165) is 42.9 Å². The van der Waals surface area contributed by atoms with Gasteiger partial charge in [-0.2, -0.15) is 0 Å². The molecule has 2 fully saturated rings. The van der Waals surface area contributed by atoms with E-state index in [2.05, 4.69) is 31.6 Å². The Morgan fingerprint density at radius 3 is 2.30 bits per heavy atom. The number of hydrogen-bond acceptors (Lipinski definition) is 10. The molecule has 1 aromatic heterocycles. The molecule has 13 nitrogen and oxygen atoms in total. The fourth-order valence-corrected chi connectivity index (χ4v) is 7.49. The van der Waals surface area contributed by atoms with E-state index in [0.29, 0.717) is 48.4 Å². The van der Waals surface area contributed by atoms with Gasteiger partial charge in [-0.15, -0.1) is 0 Å². The molecule has 0 saturated carbocycles. The van der Waals surface area contributed by atoms with Gasteiger partial charge in [0.1, 0.15) is 24.2 Å². The first kappa shape index (κ1) is 38.5. The number of pyridine rings is 1. The number of phenols is 1. The lowest BCUT2D eigenvalue weighted by Crippen LogP contribution is -2.59. The Balaban J connectivity index is 0.870. The van der Waals surface area contributed by atoms with E-state index in [1.807, 2.05) is 66.7 Å². The van der Waals surface area contributed by atoms with Crippen LogP contribution in [0.15, 0.2) is 108 Å². The number of aliphatic hydroxyl groups excluding tert-OH is 1. The first-order valence-electron chi connectivity index (χ1n) is 19.1. The van der Waals surface area contributed by atoms with Crippen LogP contribution in [-0.4, -0.2) is 79.1 Å². The van der Waals surface area contributed by atoms with Gasteiger partial charge in [-0.1, -0.05) is 60.7 Å². The van der Waals surface area contributed by atoms with E-state index in [1.54, 1.807) is 24.3 Å². The number of hydrogen-bond donors (Lipinski definition) is 8. The van der Waals surface area contributed by atoms with Gasteiger partial charge in [-0.05, 0) is 71.6 Å². The van der Waals surface area contributed by atoms with Crippen molar-refractivity contribution in [1.29, 1.82) is 0 Å². The second-order valence-corrected chi connectivity index (χ2v) is 14.4. The minimum atomic E-state index is -0.856. The summed E-state index contributed by atoms with van der Waals surface area (Å²) in [4.78, 5) is 40.4. The van der Waals surface area contributed by atoms with Crippen LogP contribution in [-0.2, 0) is 11.3 Å². The van der Waals surface area contributed by atoms with Crippen molar-refractivity contribution in [2.75, 3.05) is 45.8 Å². The van der Waals surface area contributed by atoms with Gasteiger partial charge in [-0.25, -0.2) is 4.79 Å². The quantitative estimate of drug-likeness (QED) is 0.0729. The number of aromatic amines is 1. The van der Waals surface area contributed by atoms with Crippen LogP contribution in [0.5, 0.6) is 11.5 Å². The van der Waals surface area contributed by atoms with Crippen molar-refractivity contribution in [3.8, 4) is 11.5 Å². The summed E-state index contributed by atoms with van der Waals surface area (Å²) in [6.07, 6.45) is -0.782. The fourth-order valence-electron chi connectivity index (χ4n) is 7.49. The molecule has 4 aromatic carbocycles. The van der Waals surface area contributed by atoms with Crippen molar-refractivity contribution in [3.05, 3.63) is 141 Å². The number of amides is 2. The molecule has 13 heteroatoms. The number of ether oxygens (including phenoxy) is 2.